The Kier molecular flexibility index (Phi) is 3.81. The van der Waals surface area contributed by atoms with Crippen LogP contribution in [-0.2, 0) is 0 Å². The third-order valence-electron chi connectivity index (χ3n) is 4.47. The van der Waals surface area contributed by atoms with Gasteiger partial charge in [-0.2, -0.15) is 0 Å². The summed E-state index contributed by atoms with van der Waals surface area (Å²) >= 11 is 8.94. The molecule has 0 radical (unpaired) electrons. The highest BCUT2D eigenvalue weighted by molar-refractivity contribution is 9.10. The summed E-state index contributed by atoms with van der Waals surface area (Å²) in [6, 6.07) is 6.80. The van der Waals surface area contributed by atoms with Crippen LogP contribution in [0.25, 0.3) is 0 Å². The molecule has 3 atom stereocenters. The van der Waals surface area contributed by atoms with E-state index in [0.29, 0.717) is 6.04 Å². The predicted molar refractivity (Wildman–Crippen MR) is 87.5 cm³/mol. The molecule has 102 valence electrons. The van der Waals surface area contributed by atoms with Gasteiger partial charge >= 0.3 is 0 Å². The molecular weight excluding hydrogens is 320 g/mol. The summed E-state index contributed by atoms with van der Waals surface area (Å²) in [7, 11) is 0. The van der Waals surface area contributed by atoms with Gasteiger partial charge in [0.05, 0.1) is 0 Å². The number of hydrogen-bond acceptors (Lipinski definition) is 1. The van der Waals surface area contributed by atoms with E-state index in [2.05, 4.69) is 45.6 Å². The highest BCUT2D eigenvalue weighted by atomic mass is 79.9. The molecular formula is C15H19BrN2S. The fourth-order valence-corrected chi connectivity index (χ4v) is 4.00. The molecule has 0 aliphatic heterocycles. The number of anilines is 1. The van der Waals surface area contributed by atoms with Crippen LogP contribution in [0.2, 0.25) is 0 Å². The lowest BCUT2D eigenvalue weighted by Crippen LogP contribution is -2.40. The van der Waals surface area contributed by atoms with Gasteiger partial charge in [0, 0.05) is 16.2 Å². The monoisotopic (exact) mass is 338 g/mol. The molecule has 2 N–H and O–H groups in total. The van der Waals surface area contributed by atoms with E-state index in [1.807, 2.05) is 6.07 Å². The summed E-state index contributed by atoms with van der Waals surface area (Å²) in [5.41, 5.74) is 2.27. The zero-order chi connectivity index (χ0) is 13.4. The van der Waals surface area contributed by atoms with Gasteiger partial charge in [0.2, 0.25) is 0 Å². The molecule has 0 heterocycles. The minimum atomic E-state index is 0.593. The average Bonchev–Trinajstić information content (AvgIpc) is 2.96. The van der Waals surface area contributed by atoms with Gasteiger partial charge in [0.25, 0.3) is 0 Å². The maximum Gasteiger partial charge on any atom is 0.171 e. The molecule has 1 aromatic rings. The van der Waals surface area contributed by atoms with Crippen LogP contribution in [0.5, 0.6) is 0 Å². The van der Waals surface area contributed by atoms with Crippen molar-refractivity contribution in [3.63, 3.8) is 0 Å². The van der Waals surface area contributed by atoms with Gasteiger partial charge in [-0.15, -0.1) is 0 Å². The van der Waals surface area contributed by atoms with E-state index < -0.39 is 0 Å². The third-order valence-corrected chi connectivity index (χ3v) is 5.58. The molecule has 2 bridgehead atoms. The summed E-state index contributed by atoms with van der Waals surface area (Å²) in [6.45, 7) is 2.08. The van der Waals surface area contributed by atoms with Crippen LogP contribution < -0.4 is 10.6 Å². The highest BCUT2D eigenvalue weighted by Crippen LogP contribution is 2.44. The van der Waals surface area contributed by atoms with Crippen molar-refractivity contribution in [1.82, 2.24) is 5.32 Å². The van der Waals surface area contributed by atoms with E-state index in [1.54, 1.807) is 0 Å². The van der Waals surface area contributed by atoms with Gasteiger partial charge in [0.15, 0.2) is 5.11 Å². The Morgan fingerprint density at radius 3 is 2.79 bits per heavy atom. The standard InChI is InChI=1S/C15H19BrN2S/c1-9-6-12(4-5-13(9)16)17-15(19)18-14-8-10-2-3-11(14)7-10/h4-6,10-11,14H,2-3,7-8H2,1H3,(H2,17,18,19). The Morgan fingerprint density at radius 2 is 2.16 bits per heavy atom. The first-order chi connectivity index (χ1) is 9.11. The second kappa shape index (κ2) is 5.41. The largest absolute Gasteiger partial charge is 0.359 e. The third kappa shape index (κ3) is 2.95. The van der Waals surface area contributed by atoms with E-state index in [-0.39, 0.29) is 0 Å². The van der Waals surface area contributed by atoms with Crippen molar-refractivity contribution in [3.05, 3.63) is 28.2 Å². The Labute approximate surface area is 128 Å². The lowest BCUT2D eigenvalue weighted by molar-refractivity contribution is 0.392. The number of aryl methyl sites for hydroxylation is 1. The molecule has 0 amide bonds. The first-order valence-electron chi connectivity index (χ1n) is 6.95. The van der Waals surface area contributed by atoms with Crippen molar-refractivity contribution in [2.75, 3.05) is 5.32 Å². The average molecular weight is 339 g/mol. The second-order valence-corrected chi connectivity index (χ2v) is 7.11. The second-order valence-electron chi connectivity index (χ2n) is 5.84. The van der Waals surface area contributed by atoms with Crippen molar-refractivity contribution in [2.24, 2.45) is 11.8 Å². The van der Waals surface area contributed by atoms with E-state index in [4.69, 9.17) is 12.2 Å². The van der Waals surface area contributed by atoms with E-state index in [0.717, 1.165) is 27.1 Å². The highest BCUT2D eigenvalue weighted by Gasteiger charge is 2.39. The van der Waals surface area contributed by atoms with Crippen LogP contribution >= 0.6 is 28.1 Å². The molecule has 2 fully saturated rings. The number of thiocarbonyl (C=S) groups is 1. The molecule has 0 saturated heterocycles. The molecule has 2 aliphatic carbocycles. The summed E-state index contributed by atoms with van der Waals surface area (Å²) < 4.78 is 1.13. The number of rotatable bonds is 2. The first-order valence-corrected chi connectivity index (χ1v) is 8.15. The van der Waals surface area contributed by atoms with Crippen LogP contribution in [0.3, 0.4) is 0 Å². The van der Waals surface area contributed by atoms with Crippen LogP contribution in [0.1, 0.15) is 31.2 Å². The smallest absolute Gasteiger partial charge is 0.171 e. The van der Waals surface area contributed by atoms with E-state index in [9.17, 15) is 0 Å². The number of halogens is 1. The minimum Gasteiger partial charge on any atom is -0.359 e. The van der Waals surface area contributed by atoms with Crippen LogP contribution in [0.15, 0.2) is 22.7 Å². The Balaban J connectivity index is 1.57. The first kappa shape index (κ1) is 13.4. The van der Waals surface area contributed by atoms with Gasteiger partial charge in [-0.3, -0.25) is 0 Å². The Morgan fingerprint density at radius 1 is 1.32 bits per heavy atom. The Hall–Kier alpha value is -0.610. The summed E-state index contributed by atoms with van der Waals surface area (Å²) in [4.78, 5) is 0. The molecule has 3 unspecified atom stereocenters. The molecule has 3 rings (SSSR count). The number of hydrogen-bond donors (Lipinski definition) is 2. The molecule has 2 nitrogen and oxygen atoms in total. The SMILES string of the molecule is Cc1cc(NC(=S)NC2CC3CCC2C3)ccc1Br. The molecule has 19 heavy (non-hydrogen) atoms. The van der Waals surface area contributed by atoms with Crippen LogP contribution in [-0.4, -0.2) is 11.2 Å². The topological polar surface area (TPSA) is 24.1 Å². The maximum atomic E-state index is 5.43. The van der Waals surface area contributed by atoms with Crippen molar-refractivity contribution in [3.8, 4) is 0 Å². The predicted octanol–water partition coefficient (Wildman–Crippen LogP) is 4.23. The molecule has 4 heteroatoms. The quantitative estimate of drug-likeness (QED) is 0.789. The van der Waals surface area contributed by atoms with Gasteiger partial charge in [-0.1, -0.05) is 22.4 Å². The van der Waals surface area contributed by atoms with E-state index in [1.165, 1.54) is 31.2 Å². The summed E-state index contributed by atoms with van der Waals surface area (Å²) in [5, 5.41) is 7.56. The zero-order valence-corrected chi connectivity index (χ0v) is 13.5. The van der Waals surface area contributed by atoms with Crippen molar-refractivity contribution in [2.45, 2.75) is 38.6 Å². The van der Waals surface area contributed by atoms with Crippen LogP contribution in [0, 0.1) is 18.8 Å². The normalized spacial score (nSPS) is 28.4. The Bertz CT molecular complexity index is 503. The summed E-state index contributed by atoms with van der Waals surface area (Å²) in [5.74, 6) is 1.79. The number of nitrogens with one attached hydrogen (secondary N) is 2. The fourth-order valence-electron chi connectivity index (χ4n) is 3.48. The van der Waals surface area contributed by atoms with Gasteiger partial charge in [-0.25, -0.2) is 0 Å². The lowest BCUT2D eigenvalue weighted by atomic mass is 9.96. The van der Waals surface area contributed by atoms with Crippen molar-refractivity contribution in [1.29, 1.82) is 0 Å². The number of fused-ring (bicyclic) bond motifs is 2. The van der Waals surface area contributed by atoms with Crippen molar-refractivity contribution < 1.29 is 0 Å². The van der Waals surface area contributed by atoms with Gasteiger partial charge in [-0.05, 0) is 74.0 Å². The number of benzene rings is 1. The maximum absolute atomic E-state index is 5.43. The molecule has 2 saturated carbocycles. The molecule has 1 aromatic carbocycles. The molecule has 2 aliphatic rings. The zero-order valence-electron chi connectivity index (χ0n) is 11.1. The molecule has 0 aromatic heterocycles. The van der Waals surface area contributed by atoms with Gasteiger partial charge < -0.3 is 10.6 Å². The van der Waals surface area contributed by atoms with Gasteiger partial charge in [0.1, 0.15) is 0 Å². The lowest BCUT2D eigenvalue weighted by Gasteiger charge is -2.24. The fraction of sp³-hybridized carbons (Fsp3) is 0.533. The van der Waals surface area contributed by atoms with E-state index >= 15 is 0 Å². The van der Waals surface area contributed by atoms with Crippen LogP contribution in [0.4, 0.5) is 5.69 Å². The minimum absolute atomic E-state index is 0.593. The van der Waals surface area contributed by atoms with Crippen molar-refractivity contribution >= 4 is 38.9 Å². The molecule has 0 spiro atoms. The summed E-state index contributed by atoms with van der Waals surface area (Å²) in [6.07, 6.45) is 5.50.